The van der Waals surface area contributed by atoms with Crippen LogP contribution in [0.4, 0.5) is 5.82 Å². The predicted molar refractivity (Wildman–Crippen MR) is 75.4 cm³/mol. The van der Waals surface area contributed by atoms with E-state index in [2.05, 4.69) is 14.8 Å². The summed E-state index contributed by atoms with van der Waals surface area (Å²) in [7, 11) is 5.03. The fourth-order valence-corrected chi connectivity index (χ4v) is 2.35. The van der Waals surface area contributed by atoms with E-state index < -0.39 is 29.1 Å². The molecule has 0 amide bonds. The average molecular weight is 309 g/mol. The standard InChI is InChI=1S/C13H15N3O6/c1-15-9-8(10(17)16(2)13(15)20)7(12(19)22-4)6(5-14-9)11(18)21-3/h5,7,14H,1-4H3. The van der Waals surface area contributed by atoms with Gasteiger partial charge in [0.15, 0.2) is 0 Å². The molecule has 1 aliphatic heterocycles. The van der Waals surface area contributed by atoms with Gasteiger partial charge in [0.1, 0.15) is 11.7 Å². The summed E-state index contributed by atoms with van der Waals surface area (Å²) in [6.07, 6.45) is 1.23. The van der Waals surface area contributed by atoms with E-state index in [9.17, 15) is 19.2 Å². The van der Waals surface area contributed by atoms with Gasteiger partial charge in [0.25, 0.3) is 5.56 Å². The molecule has 0 aromatic carbocycles. The summed E-state index contributed by atoms with van der Waals surface area (Å²) in [5, 5.41) is 2.69. The highest BCUT2D eigenvalue weighted by Gasteiger charge is 2.39. The molecule has 1 aliphatic rings. The SMILES string of the molecule is COC(=O)C1=CNc2c(c(=O)n(C)c(=O)n2C)C1C(=O)OC. The molecule has 9 nitrogen and oxygen atoms in total. The Labute approximate surface area is 124 Å². The first-order valence-electron chi connectivity index (χ1n) is 6.27. The third kappa shape index (κ3) is 2.10. The normalized spacial score (nSPS) is 16.2. The van der Waals surface area contributed by atoms with E-state index in [0.29, 0.717) is 0 Å². The number of carbonyl (C=O) groups is 2. The van der Waals surface area contributed by atoms with E-state index in [-0.39, 0.29) is 17.0 Å². The molecule has 0 radical (unpaired) electrons. The van der Waals surface area contributed by atoms with Crippen LogP contribution in [0.1, 0.15) is 11.5 Å². The van der Waals surface area contributed by atoms with Gasteiger partial charge in [-0.3, -0.25) is 18.7 Å². The minimum Gasteiger partial charge on any atom is -0.468 e. The predicted octanol–water partition coefficient (Wildman–Crippen LogP) is -1.18. The van der Waals surface area contributed by atoms with Crippen molar-refractivity contribution in [1.29, 1.82) is 0 Å². The van der Waals surface area contributed by atoms with Crippen molar-refractivity contribution in [3.05, 3.63) is 38.2 Å². The summed E-state index contributed by atoms with van der Waals surface area (Å²) in [6, 6.07) is 0. The Bertz CT molecular complexity index is 801. The number of hydrogen-bond acceptors (Lipinski definition) is 7. The topological polar surface area (TPSA) is 109 Å². The minimum atomic E-state index is -1.26. The number of anilines is 1. The Morgan fingerprint density at radius 3 is 2.32 bits per heavy atom. The number of aromatic nitrogens is 2. The van der Waals surface area contributed by atoms with Gasteiger partial charge in [0.05, 0.1) is 25.4 Å². The van der Waals surface area contributed by atoms with Gasteiger partial charge in [-0.2, -0.15) is 0 Å². The van der Waals surface area contributed by atoms with Crippen LogP contribution < -0.4 is 16.6 Å². The lowest BCUT2D eigenvalue weighted by atomic mass is 9.90. The molecule has 0 saturated carbocycles. The Morgan fingerprint density at radius 2 is 1.77 bits per heavy atom. The summed E-state index contributed by atoms with van der Waals surface area (Å²) < 4.78 is 11.3. The fourth-order valence-electron chi connectivity index (χ4n) is 2.35. The molecular weight excluding hydrogens is 294 g/mol. The summed E-state index contributed by atoms with van der Waals surface area (Å²) in [5.74, 6) is -2.70. The maximum Gasteiger partial charge on any atom is 0.336 e. The van der Waals surface area contributed by atoms with Crippen molar-refractivity contribution in [2.24, 2.45) is 14.1 Å². The second kappa shape index (κ2) is 5.51. The van der Waals surface area contributed by atoms with Gasteiger partial charge < -0.3 is 14.8 Å². The molecule has 2 rings (SSSR count). The quantitative estimate of drug-likeness (QED) is 0.685. The van der Waals surface area contributed by atoms with Crippen molar-refractivity contribution in [2.75, 3.05) is 19.5 Å². The Hall–Kier alpha value is -2.84. The van der Waals surface area contributed by atoms with Crippen LogP contribution >= 0.6 is 0 Å². The van der Waals surface area contributed by atoms with E-state index in [1.807, 2.05) is 0 Å². The lowest BCUT2D eigenvalue weighted by molar-refractivity contribution is -0.144. The summed E-state index contributed by atoms with van der Waals surface area (Å²) in [4.78, 5) is 48.3. The van der Waals surface area contributed by atoms with Crippen LogP contribution in [0, 0.1) is 0 Å². The number of nitrogens with zero attached hydrogens (tertiary/aromatic N) is 2. The largest absolute Gasteiger partial charge is 0.468 e. The van der Waals surface area contributed by atoms with E-state index >= 15 is 0 Å². The van der Waals surface area contributed by atoms with Crippen molar-refractivity contribution in [3.63, 3.8) is 0 Å². The number of esters is 2. The molecule has 1 atom stereocenters. The molecule has 0 aliphatic carbocycles. The molecule has 1 aromatic rings. The number of methoxy groups -OCH3 is 2. The van der Waals surface area contributed by atoms with Crippen molar-refractivity contribution in [3.8, 4) is 0 Å². The highest BCUT2D eigenvalue weighted by molar-refractivity contribution is 6.00. The van der Waals surface area contributed by atoms with Crippen LogP contribution in [0.5, 0.6) is 0 Å². The van der Waals surface area contributed by atoms with Gasteiger partial charge in [0.2, 0.25) is 0 Å². The third-order valence-corrected chi connectivity index (χ3v) is 3.52. The first kappa shape index (κ1) is 15.5. The van der Waals surface area contributed by atoms with Crippen LogP contribution in [0.25, 0.3) is 0 Å². The van der Waals surface area contributed by atoms with Crippen LogP contribution in [0.15, 0.2) is 21.4 Å². The first-order chi connectivity index (χ1) is 10.3. The molecule has 9 heteroatoms. The molecule has 0 fully saturated rings. The third-order valence-electron chi connectivity index (χ3n) is 3.52. The number of hydrogen-bond donors (Lipinski definition) is 1. The number of rotatable bonds is 2. The molecule has 1 N–H and O–H groups in total. The zero-order valence-electron chi connectivity index (χ0n) is 12.5. The van der Waals surface area contributed by atoms with Crippen molar-refractivity contribution in [2.45, 2.75) is 5.92 Å². The monoisotopic (exact) mass is 309 g/mol. The van der Waals surface area contributed by atoms with Crippen molar-refractivity contribution < 1.29 is 19.1 Å². The smallest absolute Gasteiger partial charge is 0.336 e. The van der Waals surface area contributed by atoms with Gasteiger partial charge in [-0.25, -0.2) is 9.59 Å². The van der Waals surface area contributed by atoms with E-state index in [4.69, 9.17) is 0 Å². The molecule has 0 saturated heterocycles. The van der Waals surface area contributed by atoms with E-state index in [1.165, 1.54) is 24.9 Å². The summed E-state index contributed by atoms with van der Waals surface area (Å²) >= 11 is 0. The number of carbonyl (C=O) groups excluding carboxylic acids is 2. The molecule has 118 valence electrons. The lowest BCUT2D eigenvalue weighted by Gasteiger charge is -2.25. The second-order valence-electron chi connectivity index (χ2n) is 4.66. The van der Waals surface area contributed by atoms with Gasteiger partial charge in [-0.15, -0.1) is 0 Å². The van der Waals surface area contributed by atoms with E-state index in [0.717, 1.165) is 18.8 Å². The molecular formula is C13H15N3O6. The Kier molecular flexibility index (Phi) is 3.89. The number of fused-ring (bicyclic) bond motifs is 1. The number of ether oxygens (including phenoxy) is 2. The van der Waals surface area contributed by atoms with Crippen LogP contribution in [0.2, 0.25) is 0 Å². The van der Waals surface area contributed by atoms with E-state index in [1.54, 1.807) is 0 Å². The molecule has 22 heavy (non-hydrogen) atoms. The first-order valence-corrected chi connectivity index (χ1v) is 6.27. The van der Waals surface area contributed by atoms with Crippen LogP contribution in [0.3, 0.4) is 0 Å². The fraction of sp³-hybridized carbons (Fsp3) is 0.385. The van der Waals surface area contributed by atoms with Gasteiger partial charge in [0, 0.05) is 20.3 Å². The van der Waals surface area contributed by atoms with Gasteiger partial charge in [-0.05, 0) is 0 Å². The Morgan fingerprint density at radius 1 is 1.14 bits per heavy atom. The molecule has 2 heterocycles. The zero-order chi connectivity index (χ0) is 16.6. The summed E-state index contributed by atoms with van der Waals surface area (Å²) in [6.45, 7) is 0. The maximum absolute atomic E-state index is 12.4. The zero-order valence-corrected chi connectivity index (χ0v) is 12.5. The highest BCUT2D eigenvalue weighted by Crippen LogP contribution is 2.32. The number of nitrogens with one attached hydrogen (secondary N) is 1. The van der Waals surface area contributed by atoms with Crippen LogP contribution in [-0.4, -0.2) is 35.3 Å². The Balaban J connectivity index is 2.82. The van der Waals surface area contributed by atoms with Crippen molar-refractivity contribution in [1.82, 2.24) is 9.13 Å². The molecule has 0 spiro atoms. The maximum atomic E-state index is 12.4. The summed E-state index contributed by atoms with van der Waals surface area (Å²) in [5.41, 5.74) is -1.36. The van der Waals surface area contributed by atoms with Gasteiger partial charge >= 0.3 is 17.6 Å². The molecule has 1 unspecified atom stereocenters. The van der Waals surface area contributed by atoms with Gasteiger partial charge in [-0.1, -0.05) is 0 Å². The second-order valence-corrected chi connectivity index (χ2v) is 4.66. The molecule has 0 bridgehead atoms. The minimum absolute atomic E-state index is 0.0423. The highest BCUT2D eigenvalue weighted by atomic mass is 16.5. The average Bonchev–Trinajstić information content (AvgIpc) is 2.55. The molecule has 1 aromatic heterocycles. The van der Waals surface area contributed by atoms with Crippen LogP contribution in [-0.2, 0) is 33.2 Å². The lowest BCUT2D eigenvalue weighted by Crippen LogP contribution is -2.44. The van der Waals surface area contributed by atoms with Crippen molar-refractivity contribution >= 4 is 17.8 Å².